The molecule has 0 aromatic heterocycles. The Balaban J connectivity index is 2.18. The Morgan fingerprint density at radius 3 is 2.75 bits per heavy atom. The zero-order valence-electron chi connectivity index (χ0n) is 13.8. The highest BCUT2D eigenvalue weighted by molar-refractivity contribution is 5.33. The summed E-state index contributed by atoms with van der Waals surface area (Å²) in [6, 6.07) is 0. The number of rotatable bonds is 5. The summed E-state index contributed by atoms with van der Waals surface area (Å²) in [6.45, 7) is 11.2. The average Bonchev–Trinajstić information content (AvgIpc) is 2.84. The van der Waals surface area contributed by atoms with Crippen LogP contribution in [0.15, 0.2) is 35.5 Å². The third-order valence-corrected chi connectivity index (χ3v) is 5.64. The zero-order chi connectivity index (χ0) is 14.6. The van der Waals surface area contributed by atoms with Crippen molar-refractivity contribution in [2.75, 3.05) is 0 Å². The second kappa shape index (κ2) is 6.78. The van der Waals surface area contributed by atoms with Crippen LogP contribution in [0, 0.1) is 11.3 Å². The summed E-state index contributed by atoms with van der Waals surface area (Å²) >= 11 is 0. The molecule has 2 aliphatic carbocycles. The fraction of sp³-hybridized carbons (Fsp3) is 0.700. The molecule has 0 aliphatic heterocycles. The van der Waals surface area contributed by atoms with E-state index in [2.05, 4.69) is 39.5 Å². The summed E-state index contributed by atoms with van der Waals surface area (Å²) in [7, 11) is 0. The number of allylic oxidation sites excluding steroid dienone is 5. The minimum atomic E-state index is 0.616. The van der Waals surface area contributed by atoms with Gasteiger partial charge >= 0.3 is 0 Å². The van der Waals surface area contributed by atoms with Crippen molar-refractivity contribution < 1.29 is 0 Å². The average molecular weight is 272 g/mol. The molecule has 2 saturated carbocycles. The molecule has 20 heavy (non-hydrogen) atoms. The molecule has 0 bridgehead atoms. The van der Waals surface area contributed by atoms with Gasteiger partial charge in [-0.2, -0.15) is 0 Å². The monoisotopic (exact) mass is 272 g/mol. The molecule has 2 rings (SSSR count). The van der Waals surface area contributed by atoms with E-state index in [-0.39, 0.29) is 0 Å². The highest BCUT2D eigenvalue weighted by Crippen LogP contribution is 2.54. The molecule has 0 aromatic carbocycles. The second-order valence-corrected chi connectivity index (χ2v) is 7.09. The fourth-order valence-electron chi connectivity index (χ4n) is 4.32. The lowest BCUT2D eigenvalue weighted by molar-refractivity contribution is 0.201. The van der Waals surface area contributed by atoms with Gasteiger partial charge < -0.3 is 0 Å². The van der Waals surface area contributed by atoms with E-state index in [4.69, 9.17) is 0 Å². The predicted molar refractivity (Wildman–Crippen MR) is 89.8 cm³/mol. The first-order valence-corrected chi connectivity index (χ1v) is 8.68. The van der Waals surface area contributed by atoms with Crippen molar-refractivity contribution in [1.29, 1.82) is 0 Å². The predicted octanol–water partition coefficient (Wildman–Crippen LogP) is 6.60. The summed E-state index contributed by atoms with van der Waals surface area (Å²) in [5.74, 6) is 0.866. The van der Waals surface area contributed by atoms with Gasteiger partial charge in [-0.05, 0) is 61.9 Å². The van der Waals surface area contributed by atoms with Crippen molar-refractivity contribution in [3.8, 4) is 0 Å². The van der Waals surface area contributed by atoms with E-state index < -0.39 is 0 Å². The maximum atomic E-state index is 4.24. The van der Waals surface area contributed by atoms with E-state index in [9.17, 15) is 0 Å². The quantitative estimate of drug-likeness (QED) is 0.495. The first kappa shape index (κ1) is 15.6. The van der Waals surface area contributed by atoms with Gasteiger partial charge in [-0.25, -0.2) is 0 Å². The summed E-state index contributed by atoms with van der Waals surface area (Å²) < 4.78 is 0. The van der Waals surface area contributed by atoms with Crippen LogP contribution in [0.2, 0.25) is 0 Å². The molecule has 0 N–H and O–H groups in total. The SMILES string of the molecule is C=C(CC)/C(=C\C=C1/CCCC2(C)CCCC12)CCC. The minimum absolute atomic E-state index is 0.616. The Morgan fingerprint density at radius 2 is 2.05 bits per heavy atom. The molecule has 0 nitrogen and oxygen atoms in total. The molecule has 2 unspecified atom stereocenters. The second-order valence-electron chi connectivity index (χ2n) is 7.09. The highest BCUT2D eigenvalue weighted by Gasteiger charge is 2.42. The van der Waals surface area contributed by atoms with Crippen LogP contribution in [0.1, 0.15) is 78.6 Å². The van der Waals surface area contributed by atoms with Crippen LogP contribution in [0.25, 0.3) is 0 Å². The molecule has 112 valence electrons. The molecule has 0 spiro atoms. The normalized spacial score (nSPS) is 32.5. The van der Waals surface area contributed by atoms with E-state index in [1.54, 1.807) is 5.57 Å². The molecule has 0 amide bonds. The van der Waals surface area contributed by atoms with Crippen molar-refractivity contribution in [1.82, 2.24) is 0 Å². The molecule has 2 fully saturated rings. The third-order valence-electron chi connectivity index (χ3n) is 5.64. The molecular weight excluding hydrogens is 240 g/mol. The van der Waals surface area contributed by atoms with Crippen molar-refractivity contribution >= 4 is 0 Å². The molecule has 2 atom stereocenters. The molecule has 0 radical (unpaired) electrons. The van der Waals surface area contributed by atoms with Crippen LogP contribution in [0.4, 0.5) is 0 Å². The first-order chi connectivity index (χ1) is 9.60. The van der Waals surface area contributed by atoms with E-state index >= 15 is 0 Å². The minimum Gasteiger partial charge on any atom is -0.0956 e. The maximum Gasteiger partial charge on any atom is -0.0146 e. The standard InChI is InChI=1S/C20H32/c1-5-9-17(16(3)6-2)12-13-18-10-7-14-20(4)15-8-11-19(18)20/h12-13,19H,3,5-11,14-15H2,1-2,4H3/b17-12-,18-13+. The van der Waals surface area contributed by atoms with E-state index in [1.165, 1.54) is 62.5 Å². The Hall–Kier alpha value is -0.780. The third kappa shape index (κ3) is 3.27. The lowest BCUT2D eigenvalue weighted by Crippen LogP contribution is -2.27. The lowest BCUT2D eigenvalue weighted by Gasteiger charge is -2.38. The van der Waals surface area contributed by atoms with E-state index in [0.29, 0.717) is 5.41 Å². The fourth-order valence-corrected chi connectivity index (χ4v) is 4.32. The molecule has 2 aliphatic rings. The smallest absolute Gasteiger partial charge is 0.0146 e. The van der Waals surface area contributed by atoms with Gasteiger partial charge in [0.25, 0.3) is 0 Å². The molecule has 0 saturated heterocycles. The van der Waals surface area contributed by atoms with Gasteiger partial charge in [-0.15, -0.1) is 0 Å². The van der Waals surface area contributed by atoms with Crippen LogP contribution in [-0.2, 0) is 0 Å². The molecular formula is C20H32. The summed E-state index contributed by atoms with van der Waals surface area (Å²) in [5, 5.41) is 0. The zero-order valence-corrected chi connectivity index (χ0v) is 13.8. The van der Waals surface area contributed by atoms with E-state index in [1.807, 2.05) is 0 Å². The summed E-state index contributed by atoms with van der Waals surface area (Å²) in [4.78, 5) is 0. The number of hydrogen-bond donors (Lipinski definition) is 0. The van der Waals surface area contributed by atoms with Gasteiger partial charge in [-0.1, -0.05) is 63.5 Å². The summed E-state index contributed by atoms with van der Waals surface area (Å²) in [5.41, 5.74) is 5.15. The van der Waals surface area contributed by atoms with Crippen LogP contribution in [0.3, 0.4) is 0 Å². The summed E-state index contributed by atoms with van der Waals surface area (Å²) in [6.07, 6.45) is 16.8. The number of fused-ring (bicyclic) bond motifs is 1. The van der Waals surface area contributed by atoms with Crippen molar-refractivity contribution in [2.24, 2.45) is 11.3 Å². The number of hydrogen-bond acceptors (Lipinski definition) is 0. The molecule has 0 heteroatoms. The van der Waals surface area contributed by atoms with E-state index in [0.717, 1.165) is 12.3 Å². The van der Waals surface area contributed by atoms with Crippen LogP contribution in [0.5, 0.6) is 0 Å². The van der Waals surface area contributed by atoms with Gasteiger partial charge in [0.2, 0.25) is 0 Å². The Labute approximate surface area is 126 Å². The Bertz CT molecular complexity index is 410. The van der Waals surface area contributed by atoms with Gasteiger partial charge in [0.05, 0.1) is 0 Å². The topological polar surface area (TPSA) is 0 Å². The molecule has 0 heterocycles. The Kier molecular flexibility index (Phi) is 5.29. The first-order valence-electron chi connectivity index (χ1n) is 8.68. The van der Waals surface area contributed by atoms with Crippen molar-refractivity contribution in [3.05, 3.63) is 35.5 Å². The highest BCUT2D eigenvalue weighted by atomic mass is 14.5. The van der Waals surface area contributed by atoms with Gasteiger partial charge in [0, 0.05) is 0 Å². The maximum absolute atomic E-state index is 4.24. The Morgan fingerprint density at radius 1 is 1.30 bits per heavy atom. The van der Waals surface area contributed by atoms with Crippen molar-refractivity contribution in [3.63, 3.8) is 0 Å². The van der Waals surface area contributed by atoms with Crippen LogP contribution >= 0.6 is 0 Å². The van der Waals surface area contributed by atoms with Gasteiger partial charge in [0.1, 0.15) is 0 Å². The lowest BCUT2D eigenvalue weighted by atomic mass is 9.67. The van der Waals surface area contributed by atoms with Gasteiger partial charge in [-0.3, -0.25) is 0 Å². The molecule has 0 aromatic rings. The van der Waals surface area contributed by atoms with Crippen LogP contribution in [-0.4, -0.2) is 0 Å². The van der Waals surface area contributed by atoms with Gasteiger partial charge in [0.15, 0.2) is 0 Å². The van der Waals surface area contributed by atoms with Crippen molar-refractivity contribution in [2.45, 2.75) is 78.6 Å². The largest absolute Gasteiger partial charge is 0.0956 e. The van der Waals surface area contributed by atoms with Crippen LogP contribution < -0.4 is 0 Å².